The van der Waals surface area contributed by atoms with Gasteiger partial charge in [-0.1, -0.05) is 33.1 Å². The molecule has 19 heavy (non-hydrogen) atoms. The number of unbranched alkanes of at least 4 members (excludes halogenated alkanes) is 2. The molecule has 3 nitrogen and oxygen atoms in total. The first-order chi connectivity index (χ1) is 8.95. The van der Waals surface area contributed by atoms with Crippen LogP contribution in [0.5, 0.6) is 11.5 Å². The highest BCUT2D eigenvalue weighted by molar-refractivity contribution is 9.11. The molecule has 1 aromatic rings. The molecule has 0 heterocycles. The number of esters is 1. The maximum Gasteiger partial charge on any atom is 0.314 e. The molecule has 0 saturated heterocycles. The predicted octanol–water partition coefficient (Wildman–Crippen LogP) is 5.04. The second-order valence-electron chi connectivity index (χ2n) is 4.55. The van der Waals surface area contributed by atoms with Crippen molar-refractivity contribution in [2.75, 3.05) is 0 Å². The highest BCUT2D eigenvalue weighted by Gasteiger charge is 2.16. The average Bonchev–Trinajstić information content (AvgIpc) is 2.36. The summed E-state index contributed by atoms with van der Waals surface area (Å²) in [6.45, 7) is 4.01. The van der Waals surface area contributed by atoms with Crippen molar-refractivity contribution >= 4 is 37.8 Å². The number of halogens is 2. The first-order valence-electron chi connectivity index (χ1n) is 6.35. The fourth-order valence-corrected chi connectivity index (χ4v) is 2.78. The molecule has 1 aromatic carbocycles. The van der Waals surface area contributed by atoms with Crippen LogP contribution >= 0.6 is 31.9 Å². The number of hydrogen-bond acceptors (Lipinski definition) is 3. The van der Waals surface area contributed by atoms with Crippen molar-refractivity contribution in [1.29, 1.82) is 0 Å². The van der Waals surface area contributed by atoms with Gasteiger partial charge in [-0.25, -0.2) is 0 Å². The minimum absolute atomic E-state index is 0.0933. The van der Waals surface area contributed by atoms with E-state index in [0.29, 0.717) is 14.7 Å². The summed E-state index contributed by atoms with van der Waals surface area (Å²) in [6.07, 6.45) is 4.15. The summed E-state index contributed by atoms with van der Waals surface area (Å²) in [7, 11) is 0. The Labute approximate surface area is 130 Å². The maximum atomic E-state index is 11.9. The molecular formula is C14H18Br2O3. The Kier molecular flexibility index (Phi) is 6.86. The van der Waals surface area contributed by atoms with Crippen LogP contribution in [-0.2, 0) is 4.79 Å². The van der Waals surface area contributed by atoms with E-state index in [2.05, 4.69) is 38.8 Å². The molecule has 106 valence electrons. The topological polar surface area (TPSA) is 46.5 Å². The zero-order valence-corrected chi connectivity index (χ0v) is 14.3. The number of carbonyl (C=O) groups excluding carboxylic acids is 1. The first kappa shape index (κ1) is 16.5. The van der Waals surface area contributed by atoms with Crippen molar-refractivity contribution in [1.82, 2.24) is 0 Å². The summed E-state index contributed by atoms with van der Waals surface area (Å²) in [4.78, 5) is 11.9. The standard InChI is InChI=1S/C14H18Br2O3/c1-3-4-5-6-9(2)14(18)19-10-7-11(15)13(17)12(16)8-10/h7-9,17H,3-6H2,1-2H3. The third kappa shape index (κ3) is 5.15. The minimum Gasteiger partial charge on any atom is -0.506 e. The van der Waals surface area contributed by atoms with Gasteiger partial charge in [-0.15, -0.1) is 0 Å². The van der Waals surface area contributed by atoms with Crippen LogP contribution in [0.25, 0.3) is 0 Å². The molecular weight excluding hydrogens is 376 g/mol. The van der Waals surface area contributed by atoms with Crippen LogP contribution in [0.4, 0.5) is 0 Å². The molecule has 0 aliphatic rings. The smallest absolute Gasteiger partial charge is 0.314 e. The molecule has 1 N–H and O–H groups in total. The minimum atomic E-state index is -0.236. The van der Waals surface area contributed by atoms with Gasteiger partial charge in [-0.05, 0) is 50.4 Å². The van der Waals surface area contributed by atoms with E-state index in [1.807, 2.05) is 6.92 Å². The lowest BCUT2D eigenvalue weighted by molar-refractivity contribution is -0.138. The maximum absolute atomic E-state index is 11.9. The number of phenols is 1. The van der Waals surface area contributed by atoms with E-state index in [0.717, 1.165) is 25.7 Å². The van der Waals surface area contributed by atoms with Gasteiger partial charge < -0.3 is 9.84 Å². The Morgan fingerprint density at radius 2 is 1.89 bits per heavy atom. The number of carbonyl (C=O) groups is 1. The van der Waals surface area contributed by atoms with E-state index in [9.17, 15) is 9.90 Å². The van der Waals surface area contributed by atoms with Gasteiger partial charge >= 0.3 is 5.97 Å². The molecule has 0 saturated carbocycles. The lowest BCUT2D eigenvalue weighted by Gasteiger charge is -2.12. The average molecular weight is 394 g/mol. The lowest BCUT2D eigenvalue weighted by Crippen LogP contribution is -2.17. The molecule has 0 aliphatic heterocycles. The van der Waals surface area contributed by atoms with Crippen molar-refractivity contribution in [2.24, 2.45) is 5.92 Å². The van der Waals surface area contributed by atoms with E-state index >= 15 is 0 Å². The van der Waals surface area contributed by atoms with Gasteiger partial charge in [0.25, 0.3) is 0 Å². The van der Waals surface area contributed by atoms with Gasteiger partial charge in [-0.2, -0.15) is 0 Å². The second kappa shape index (κ2) is 7.90. The van der Waals surface area contributed by atoms with Gasteiger partial charge in [0.2, 0.25) is 0 Å². The van der Waals surface area contributed by atoms with Crippen molar-refractivity contribution in [2.45, 2.75) is 39.5 Å². The Balaban J connectivity index is 2.61. The van der Waals surface area contributed by atoms with Crippen LogP contribution in [0.15, 0.2) is 21.1 Å². The van der Waals surface area contributed by atoms with Crippen LogP contribution in [0.3, 0.4) is 0 Å². The summed E-state index contributed by atoms with van der Waals surface area (Å²) >= 11 is 6.41. The van der Waals surface area contributed by atoms with Crippen LogP contribution < -0.4 is 4.74 Å². The largest absolute Gasteiger partial charge is 0.506 e. The monoisotopic (exact) mass is 392 g/mol. The molecule has 0 aromatic heterocycles. The van der Waals surface area contributed by atoms with Gasteiger partial charge in [0.05, 0.1) is 14.9 Å². The van der Waals surface area contributed by atoms with Crippen LogP contribution in [0.1, 0.15) is 39.5 Å². The van der Waals surface area contributed by atoms with Crippen LogP contribution in [0.2, 0.25) is 0 Å². The highest BCUT2D eigenvalue weighted by Crippen LogP contribution is 2.36. The van der Waals surface area contributed by atoms with Crippen molar-refractivity contribution in [3.63, 3.8) is 0 Å². The summed E-state index contributed by atoms with van der Waals surface area (Å²) < 4.78 is 6.29. The van der Waals surface area contributed by atoms with E-state index in [1.165, 1.54) is 0 Å². The molecule has 0 fully saturated rings. The molecule has 5 heteroatoms. The number of phenolic OH excluding ortho intramolecular Hbond substituents is 1. The Morgan fingerprint density at radius 1 is 1.32 bits per heavy atom. The van der Waals surface area contributed by atoms with Crippen molar-refractivity contribution in [3.05, 3.63) is 21.1 Å². The highest BCUT2D eigenvalue weighted by atomic mass is 79.9. The number of rotatable bonds is 6. The van der Waals surface area contributed by atoms with Gasteiger partial charge in [0.15, 0.2) is 0 Å². The van der Waals surface area contributed by atoms with E-state index in [1.54, 1.807) is 12.1 Å². The van der Waals surface area contributed by atoms with Gasteiger partial charge in [0, 0.05) is 0 Å². The predicted molar refractivity (Wildman–Crippen MR) is 82.4 cm³/mol. The Hall–Kier alpha value is -0.550. The molecule has 0 amide bonds. The second-order valence-corrected chi connectivity index (χ2v) is 6.26. The number of aromatic hydroxyl groups is 1. The summed E-state index contributed by atoms with van der Waals surface area (Å²) in [6, 6.07) is 3.16. The van der Waals surface area contributed by atoms with E-state index in [-0.39, 0.29) is 17.6 Å². The first-order valence-corrected chi connectivity index (χ1v) is 7.94. The summed E-state index contributed by atoms with van der Waals surface area (Å²) in [5.74, 6) is 0.165. The van der Waals surface area contributed by atoms with Crippen molar-refractivity contribution < 1.29 is 14.6 Å². The number of ether oxygens (including phenoxy) is 1. The number of hydrogen-bond donors (Lipinski definition) is 1. The fraction of sp³-hybridized carbons (Fsp3) is 0.500. The molecule has 1 unspecified atom stereocenters. The quantitative estimate of drug-likeness (QED) is 0.418. The molecule has 0 bridgehead atoms. The molecule has 1 atom stereocenters. The van der Waals surface area contributed by atoms with Crippen LogP contribution in [0, 0.1) is 5.92 Å². The normalized spacial score (nSPS) is 12.2. The SMILES string of the molecule is CCCCCC(C)C(=O)Oc1cc(Br)c(O)c(Br)c1. The fourth-order valence-electron chi connectivity index (χ4n) is 1.64. The van der Waals surface area contributed by atoms with Gasteiger partial charge in [0.1, 0.15) is 11.5 Å². The third-order valence-electron chi connectivity index (χ3n) is 2.85. The zero-order chi connectivity index (χ0) is 14.4. The van der Waals surface area contributed by atoms with E-state index in [4.69, 9.17) is 4.74 Å². The van der Waals surface area contributed by atoms with Crippen molar-refractivity contribution in [3.8, 4) is 11.5 Å². The van der Waals surface area contributed by atoms with Gasteiger partial charge in [-0.3, -0.25) is 4.79 Å². The Bertz CT molecular complexity index is 423. The zero-order valence-electron chi connectivity index (χ0n) is 11.1. The van der Waals surface area contributed by atoms with E-state index < -0.39 is 0 Å². The number of benzene rings is 1. The Morgan fingerprint density at radius 3 is 2.42 bits per heavy atom. The summed E-state index contributed by atoms with van der Waals surface area (Å²) in [5, 5.41) is 9.58. The molecule has 0 aliphatic carbocycles. The third-order valence-corrected chi connectivity index (χ3v) is 4.06. The van der Waals surface area contributed by atoms with Crippen LogP contribution in [-0.4, -0.2) is 11.1 Å². The lowest BCUT2D eigenvalue weighted by atomic mass is 10.0. The molecule has 0 spiro atoms. The summed E-state index contributed by atoms with van der Waals surface area (Å²) in [5.41, 5.74) is 0. The molecule has 0 radical (unpaired) electrons. The molecule has 1 rings (SSSR count).